The zero-order chi connectivity index (χ0) is 13.5. The van der Waals surface area contributed by atoms with Crippen molar-refractivity contribution in [1.82, 2.24) is 0 Å². The zero-order valence-electron chi connectivity index (χ0n) is 10.7. The van der Waals surface area contributed by atoms with Gasteiger partial charge in [-0.2, -0.15) is 0 Å². The number of hydrogen-bond donors (Lipinski definition) is 0. The molecule has 0 saturated heterocycles. The molecule has 20 heavy (non-hydrogen) atoms. The van der Waals surface area contributed by atoms with E-state index >= 15 is 0 Å². The van der Waals surface area contributed by atoms with Crippen LogP contribution < -0.4 is 5.30 Å². The Labute approximate surface area is 129 Å². The minimum absolute atomic E-state index is 0.668. The average Bonchev–Trinajstić information content (AvgIpc) is 2.54. The molecular formula is C18H12PPd. The average molecular weight is 366 g/mol. The van der Waals surface area contributed by atoms with E-state index in [0.717, 1.165) is 0 Å². The first-order valence-electron chi connectivity index (χ1n) is 6.56. The van der Waals surface area contributed by atoms with Gasteiger partial charge in [-0.05, 0) is 0 Å². The van der Waals surface area contributed by atoms with Gasteiger partial charge in [0.25, 0.3) is 0 Å². The van der Waals surface area contributed by atoms with Crippen LogP contribution in [0.25, 0.3) is 32.3 Å². The summed E-state index contributed by atoms with van der Waals surface area (Å²) in [5, 5.41) is 9.54. The van der Waals surface area contributed by atoms with Gasteiger partial charge in [-0.3, -0.25) is 0 Å². The minimum atomic E-state index is 0.668. The van der Waals surface area contributed by atoms with Crippen molar-refractivity contribution in [2.45, 2.75) is 0 Å². The fraction of sp³-hybridized carbons (Fsp3) is 0. The molecule has 0 bridgehead atoms. The molecule has 0 radical (unpaired) electrons. The Morgan fingerprint density at radius 1 is 0.550 bits per heavy atom. The van der Waals surface area contributed by atoms with E-state index in [1.807, 2.05) is 0 Å². The Kier molecular flexibility index (Phi) is 3.09. The summed E-state index contributed by atoms with van der Waals surface area (Å²) in [6, 6.07) is 24.1. The van der Waals surface area contributed by atoms with Gasteiger partial charge in [-0.25, -0.2) is 0 Å². The molecule has 0 spiro atoms. The molecule has 0 heterocycles. The van der Waals surface area contributed by atoms with E-state index in [2.05, 4.69) is 85.4 Å². The van der Waals surface area contributed by atoms with Crippen LogP contribution in [-0.4, -0.2) is 0 Å². The van der Waals surface area contributed by atoms with E-state index < -0.39 is 0 Å². The first-order valence-corrected chi connectivity index (χ1v) is 9.70. The van der Waals surface area contributed by atoms with Gasteiger partial charge in [-0.1, -0.05) is 0 Å². The second-order valence-corrected chi connectivity index (χ2v) is 6.76. The number of hydrogen-bond acceptors (Lipinski definition) is 0. The van der Waals surface area contributed by atoms with Crippen LogP contribution in [0.3, 0.4) is 0 Å². The number of benzene rings is 4. The Hall–Kier alpha value is -1.25. The third-order valence-electron chi connectivity index (χ3n) is 3.85. The van der Waals surface area contributed by atoms with Gasteiger partial charge < -0.3 is 0 Å². The molecule has 4 rings (SSSR count). The molecule has 0 fully saturated rings. The van der Waals surface area contributed by atoms with E-state index in [1.54, 1.807) is 0 Å². The molecule has 4 aromatic rings. The van der Waals surface area contributed by atoms with Crippen LogP contribution in [0, 0.1) is 0 Å². The summed E-state index contributed by atoms with van der Waals surface area (Å²) >= 11 is 3.38. The molecule has 0 nitrogen and oxygen atoms in total. The van der Waals surface area contributed by atoms with Crippen LogP contribution in [0.2, 0.25) is 0 Å². The van der Waals surface area contributed by atoms with E-state index in [1.165, 1.54) is 37.6 Å². The summed E-state index contributed by atoms with van der Waals surface area (Å²) in [7, 11) is 0. The summed E-state index contributed by atoms with van der Waals surface area (Å²) < 4.78 is 0. The van der Waals surface area contributed by atoms with Crippen molar-refractivity contribution in [3.8, 4) is 0 Å². The van der Waals surface area contributed by atoms with Gasteiger partial charge in [0.15, 0.2) is 0 Å². The number of rotatable bonds is 1. The van der Waals surface area contributed by atoms with Gasteiger partial charge in [-0.15, -0.1) is 0 Å². The monoisotopic (exact) mass is 365 g/mol. The molecule has 0 saturated carbocycles. The Bertz CT molecular complexity index is 899. The maximum atomic E-state index is 3.38. The normalized spacial score (nSPS) is 12.1. The van der Waals surface area contributed by atoms with Crippen molar-refractivity contribution < 1.29 is 18.7 Å². The standard InChI is InChI=1S/C18H12P.Pd/c19-17-11-5-10-16-14-7-2-1-6-12(14)13-8-3-4-9-15(13)18(16)17;/h1-11,19H;/q-1;+1. The Morgan fingerprint density at radius 2 is 1.00 bits per heavy atom. The van der Waals surface area contributed by atoms with Crippen molar-refractivity contribution >= 4 is 44.4 Å². The fourth-order valence-corrected chi connectivity index (χ4v) is 4.49. The summed E-state index contributed by atoms with van der Waals surface area (Å²) in [6.45, 7) is 0.668. The molecule has 1 atom stereocenters. The Morgan fingerprint density at radius 3 is 1.55 bits per heavy atom. The Balaban J connectivity index is 2.42. The van der Waals surface area contributed by atoms with Crippen LogP contribution >= 0.6 is 6.77 Å². The first kappa shape index (κ1) is 12.5. The summed E-state index contributed by atoms with van der Waals surface area (Å²) in [6.07, 6.45) is 0. The van der Waals surface area contributed by atoms with Gasteiger partial charge in [0, 0.05) is 0 Å². The van der Waals surface area contributed by atoms with Crippen molar-refractivity contribution in [3.05, 3.63) is 66.7 Å². The van der Waals surface area contributed by atoms with E-state index in [9.17, 15) is 0 Å². The molecule has 2 heteroatoms. The van der Waals surface area contributed by atoms with Crippen molar-refractivity contribution in [3.63, 3.8) is 0 Å². The van der Waals surface area contributed by atoms with E-state index in [-0.39, 0.29) is 0 Å². The van der Waals surface area contributed by atoms with Crippen LogP contribution in [0.15, 0.2) is 66.7 Å². The summed E-state index contributed by atoms with van der Waals surface area (Å²) in [5.41, 5.74) is 0. The van der Waals surface area contributed by atoms with Crippen molar-refractivity contribution in [2.24, 2.45) is 0 Å². The maximum absolute atomic E-state index is 3.38. The second-order valence-electron chi connectivity index (χ2n) is 4.90. The van der Waals surface area contributed by atoms with Gasteiger partial charge in [0.1, 0.15) is 0 Å². The van der Waals surface area contributed by atoms with Gasteiger partial charge in [0.05, 0.1) is 0 Å². The molecule has 99 valence electrons. The first-order chi connectivity index (χ1) is 9.90. The van der Waals surface area contributed by atoms with Gasteiger partial charge >= 0.3 is 130 Å². The summed E-state index contributed by atoms with van der Waals surface area (Å²) in [4.78, 5) is 0. The zero-order valence-corrected chi connectivity index (χ0v) is 13.2. The number of fused-ring (bicyclic) bond motifs is 6. The molecule has 0 aliphatic heterocycles. The van der Waals surface area contributed by atoms with E-state index in [0.29, 0.717) is 6.77 Å². The van der Waals surface area contributed by atoms with Gasteiger partial charge in [0.2, 0.25) is 0 Å². The summed E-state index contributed by atoms with van der Waals surface area (Å²) in [5.74, 6) is 0. The predicted molar refractivity (Wildman–Crippen MR) is 86.9 cm³/mol. The van der Waals surface area contributed by atoms with Crippen molar-refractivity contribution in [2.75, 3.05) is 0 Å². The molecule has 1 unspecified atom stereocenters. The molecule has 0 aliphatic rings. The van der Waals surface area contributed by atoms with Crippen LogP contribution in [0.5, 0.6) is 0 Å². The van der Waals surface area contributed by atoms with E-state index in [4.69, 9.17) is 0 Å². The van der Waals surface area contributed by atoms with Crippen molar-refractivity contribution in [1.29, 1.82) is 0 Å². The third kappa shape index (κ3) is 1.75. The predicted octanol–water partition coefficient (Wildman–Crippen LogP) is 4.91. The fourth-order valence-electron chi connectivity index (χ4n) is 3.02. The molecule has 0 aliphatic carbocycles. The molecule has 0 amide bonds. The quantitative estimate of drug-likeness (QED) is 0.255. The molecule has 0 N–H and O–H groups in total. The molecule has 0 aromatic heterocycles. The third-order valence-corrected chi connectivity index (χ3v) is 5.70. The topological polar surface area (TPSA) is 0 Å². The molecule has 4 aromatic carbocycles. The van der Waals surface area contributed by atoms with Crippen LogP contribution in [0.1, 0.15) is 0 Å². The SMILES string of the molecule is [Pd][PH]c1cccc2c3ccccc3c3ccccc3c12. The van der Waals surface area contributed by atoms with Crippen LogP contribution in [-0.2, 0) is 18.7 Å². The van der Waals surface area contributed by atoms with Crippen LogP contribution in [0.4, 0.5) is 0 Å². The molecular weight excluding hydrogens is 354 g/mol. The second kappa shape index (κ2) is 4.94.